The van der Waals surface area contributed by atoms with Crippen molar-refractivity contribution < 1.29 is 17.6 Å². The minimum Gasteiger partial charge on any atom is -0.443 e. The fourth-order valence-electron chi connectivity index (χ4n) is 1.29. The molecule has 0 atom stereocenters. The summed E-state index contributed by atoms with van der Waals surface area (Å²) in [6, 6.07) is 3.86. The zero-order valence-electron chi connectivity index (χ0n) is 7.75. The molecule has 0 aliphatic heterocycles. The average Bonchev–Trinajstić information content (AvgIpc) is 2.69. The normalized spacial score (nSPS) is 11.8. The molecule has 84 valence electrons. The second-order valence-electron chi connectivity index (χ2n) is 3.03. The first-order valence-electron chi connectivity index (χ1n) is 4.24. The van der Waals surface area contributed by atoms with Gasteiger partial charge in [0.2, 0.25) is 0 Å². The summed E-state index contributed by atoms with van der Waals surface area (Å²) in [6.07, 6.45) is -1.86. The molecular weight excluding hydrogens is 287 g/mol. The van der Waals surface area contributed by atoms with Gasteiger partial charge in [-0.05, 0) is 22.0 Å². The number of halogens is 4. The van der Waals surface area contributed by atoms with Gasteiger partial charge in [-0.25, -0.2) is 4.98 Å². The summed E-state index contributed by atoms with van der Waals surface area (Å²) in [6.45, 7) is 0. The lowest BCUT2D eigenvalue weighted by atomic mass is 10.1. The van der Waals surface area contributed by atoms with Crippen molar-refractivity contribution in [1.29, 1.82) is 0 Å². The summed E-state index contributed by atoms with van der Waals surface area (Å²) >= 11 is 2.93. The van der Waals surface area contributed by atoms with Gasteiger partial charge in [-0.3, -0.25) is 0 Å². The number of oxazole rings is 1. The predicted molar refractivity (Wildman–Crippen MR) is 54.6 cm³/mol. The Morgan fingerprint density at radius 1 is 1.25 bits per heavy atom. The molecule has 0 spiro atoms. The van der Waals surface area contributed by atoms with Gasteiger partial charge in [-0.15, -0.1) is 0 Å². The number of aromatic nitrogens is 1. The largest absolute Gasteiger partial charge is 0.443 e. The molecule has 1 aromatic carbocycles. The van der Waals surface area contributed by atoms with E-state index in [9.17, 15) is 13.2 Å². The fraction of sp³-hybridized carbons (Fsp3) is 0.100. The standard InChI is InChI=1S/C10H5BrF3NO/c11-9-6(8-4-15-5-16-8)2-1-3-7(9)10(12,13)14/h1-5H. The van der Waals surface area contributed by atoms with Gasteiger partial charge in [0, 0.05) is 10.0 Å². The van der Waals surface area contributed by atoms with Crippen LogP contribution in [0.15, 0.2) is 39.7 Å². The molecule has 6 heteroatoms. The third-order valence-corrected chi connectivity index (χ3v) is 2.86. The number of hydrogen-bond acceptors (Lipinski definition) is 2. The van der Waals surface area contributed by atoms with Gasteiger partial charge in [-0.1, -0.05) is 12.1 Å². The van der Waals surface area contributed by atoms with Crippen LogP contribution >= 0.6 is 15.9 Å². The molecular formula is C10H5BrF3NO. The lowest BCUT2D eigenvalue weighted by Crippen LogP contribution is -2.06. The van der Waals surface area contributed by atoms with E-state index in [2.05, 4.69) is 20.9 Å². The first-order valence-corrected chi connectivity index (χ1v) is 5.04. The minimum atomic E-state index is -4.39. The van der Waals surface area contributed by atoms with E-state index in [0.717, 1.165) is 6.07 Å². The Bertz CT molecular complexity index is 493. The topological polar surface area (TPSA) is 26.0 Å². The molecule has 0 saturated carbocycles. The van der Waals surface area contributed by atoms with E-state index < -0.39 is 11.7 Å². The number of alkyl halides is 3. The van der Waals surface area contributed by atoms with Crippen molar-refractivity contribution in [3.8, 4) is 11.3 Å². The average molecular weight is 292 g/mol. The molecule has 0 N–H and O–H groups in total. The summed E-state index contributed by atoms with van der Waals surface area (Å²) in [5.74, 6) is 0.290. The van der Waals surface area contributed by atoms with Crippen LogP contribution in [0.1, 0.15) is 5.56 Å². The van der Waals surface area contributed by atoms with Gasteiger partial charge in [0.1, 0.15) is 0 Å². The lowest BCUT2D eigenvalue weighted by molar-refractivity contribution is -0.138. The van der Waals surface area contributed by atoms with Crippen molar-refractivity contribution in [3.05, 3.63) is 40.8 Å². The molecule has 0 bridgehead atoms. The molecule has 0 saturated heterocycles. The monoisotopic (exact) mass is 291 g/mol. The Morgan fingerprint density at radius 2 is 2.00 bits per heavy atom. The van der Waals surface area contributed by atoms with Crippen molar-refractivity contribution >= 4 is 15.9 Å². The van der Waals surface area contributed by atoms with E-state index in [1.807, 2.05) is 0 Å². The summed E-state index contributed by atoms with van der Waals surface area (Å²) in [7, 11) is 0. The lowest BCUT2D eigenvalue weighted by Gasteiger charge is -2.10. The van der Waals surface area contributed by atoms with Gasteiger partial charge in [-0.2, -0.15) is 13.2 Å². The van der Waals surface area contributed by atoms with E-state index in [1.54, 1.807) is 0 Å². The number of nitrogens with zero attached hydrogens (tertiary/aromatic N) is 1. The zero-order chi connectivity index (χ0) is 11.8. The number of rotatable bonds is 1. The highest BCUT2D eigenvalue weighted by molar-refractivity contribution is 9.10. The molecule has 0 aliphatic rings. The molecule has 0 fully saturated rings. The summed E-state index contributed by atoms with van der Waals surface area (Å²) in [5, 5.41) is 0. The third kappa shape index (κ3) is 1.97. The zero-order valence-corrected chi connectivity index (χ0v) is 9.34. The van der Waals surface area contributed by atoms with Crippen LogP contribution in [0.5, 0.6) is 0 Å². The maximum absolute atomic E-state index is 12.6. The molecule has 1 aromatic heterocycles. The first kappa shape index (κ1) is 11.2. The SMILES string of the molecule is FC(F)(F)c1cccc(-c2cnco2)c1Br. The number of benzene rings is 1. The predicted octanol–water partition coefficient (Wildman–Crippen LogP) is 4.12. The smallest absolute Gasteiger partial charge is 0.417 e. The summed E-state index contributed by atoms with van der Waals surface area (Å²) < 4.78 is 42.7. The van der Waals surface area contributed by atoms with Gasteiger partial charge < -0.3 is 4.42 Å². The molecule has 0 amide bonds. The van der Waals surface area contributed by atoms with Crippen molar-refractivity contribution in [2.24, 2.45) is 0 Å². The van der Waals surface area contributed by atoms with Crippen molar-refractivity contribution in [1.82, 2.24) is 4.98 Å². The molecule has 2 nitrogen and oxygen atoms in total. The van der Waals surface area contributed by atoms with Gasteiger partial charge in [0.15, 0.2) is 12.2 Å². The molecule has 0 aliphatic carbocycles. The van der Waals surface area contributed by atoms with E-state index in [4.69, 9.17) is 4.42 Å². The van der Waals surface area contributed by atoms with Gasteiger partial charge in [0.05, 0.1) is 11.8 Å². The highest BCUT2D eigenvalue weighted by Gasteiger charge is 2.33. The van der Waals surface area contributed by atoms with Crippen molar-refractivity contribution in [2.45, 2.75) is 6.18 Å². The van der Waals surface area contributed by atoms with E-state index in [1.165, 1.54) is 24.7 Å². The van der Waals surface area contributed by atoms with Crippen LogP contribution in [0.25, 0.3) is 11.3 Å². The van der Waals surface area contributed by atoms with Crippen LogP contribution in [0.3, 0.4) is 0 Å². The van der Waals surface area contributed by atoms with Crippen molar-refractivity contribution in [3.63, 3.8) is 0 Å². The Balaban J connectivity index is 2.58. The second-order valence-corrected chi connectivity index (χ2v) is 3.82. The Morgan fingerprint density at radius 3 is 2.56 bits per heavy atom. The maximum Gasteiger partial charge on any atom is 0.417 e. The van der Waals surface area contributed by atoms with Crippen LogP contribution < -0.4 is 0 Å². The molecule has 0 radical (unpaired) electrons. The third-order valence-electron chi connectivity index (χ3n) is 2.00. The van der Waals surface area contributed by atoms with Crippen LogP contribution in [0.2, 0.25) is 0 Å². The highest BCUT2D eigenvalue weighted by Crippen LogP contribution is 2.39. The Hall–Kier alpha value is -1.30. The summed E-state index contributed by atoms with van der Waals surface area (Å²) in [5.41, 5.74) is -0.409. The minimum absolute atomic E-state index is 0.0424. The Labute approximate surface area is 97.2 Å². The summed E-state index contributed by atoms with van der Waals surface area (Å²) in [4.78, 5) is 3.66. The maximum atomic E-state index is 12.6. The quantitative estimate of drug-likeness (QED) is 0.790. The van der Waals surface area contributed by atoms with Crippen LogP contribution in [-0.2, 0) is 6.18 Å². The van der Waals surface area contributed by atoms with E-state index in [0.29, 0.717) is 5.56 Å². The van der Waals surface area contributed by atoms with Gasteiger partial charge >= 0.3 is 6.18 Å². The first-order chi connectivity index (χ1) is 7.50. The van der Waals surface area contributed by atoms with Crippen LogP contribution in [0.4, 0.5) is 13.2 Å². The van der Waals surface area contributed by atoms with E-state index >= 15 is 0 Å². The molecule has 1 heterocycles. The molecule has 2 rings (SSSR count). The molecule has 2 aromatic rings. The highest BCUT2D eigenvalue weighted by atomic mass is 79.9. The fourth-order valence-corrected chi connectivity index (χ4v) is 1.97. The van der Waals surface area contributed by atoms with Crippen LogP contribution in [-0.4, -0.2) is 4.98 Å². The van der Waals surface area contributed by atoms with Crippen molar-refractivity contribution in [2.75, 3.05) is 0 Å². The molecule has 16 heavy (non-hydrogen) atoms. The Kier molecular flexibility index (Phi) is 2.75. The number of hydrogen-bond donors (Lipinski definition) is 0. The second kappa shape index (κ2) is 3.93. The molecule has 0 unspecified atom stereocenters. The van der Waals surface area contributed by atoms with Gasteiger partial charge in [0.25, 0.3) is 0 Å². The van der Waals surface area contributed by atoms with E-state index in [-0.39, 0.29) is 10.2 Å². The van der Waals surface area contributed by atoms with Crippen LogP contribution in [0, 0.1) is 0 Å².